The summed E-state index contributed by atoms with van der Waals surface area (Å²) in [6.45, 7) is -0.791. The molecule has 7 N–H and O–H groups in total. The number of nitrogens with zero attached hydrogens (tertiary/aromatic N) is 5. The van der Waals surface area contributed by atoms with Gasteiger partial charge in [0.25, 0.3) is 5.60 Å². The summed E-state index contributed by atoms with van der Waals surface area (Å²) in [5.74, 6) is -3.93. The lowest BCUT2D eigenvalue weighted by molar-refractivity contribution is -0.190. The highest BCUT2D eigenvalue weighted by Crippen LogP contribution is 2.35. The molecule has 0 saturated carbocycles. The summed E-state index contributed by atoms with van der Waals surface area (Å²) in [7, 11) is 0. The number of aliphatic hydroxyl groups excluding tert-OH is 1. The van der Waals surface area contributed by atoms with Gasteiger partial charge in [0.05, 0.1) is 24.6 Å². The third kappa shape index (κ3) is 4.24. The molecular formula is C21H20FN7O7. The van der Waals surface area contributed by atoms with Crippen molar-refractivity contribution in [3.8, 4) is 6.07 Å². The van der Waals surface area contributed by atoms with Crippen molar-refractivity contribution in [3.63, 3.8) is 0 Å². The molecule has 3 aromatic rings. The SMILES string of the molecule is N#Cc1cccc(CC(OC[C@H]2O[C@@H](n3cnc4c(N)nc(N)nc43)[C@@H](F)[C@@H]2O)(C(=O)O)C(=O)O)c1. The number of alkyl halides is 1. The predicted molar refractivity (Wildman–Crippen MR) is 118 cm³/mol. The van der Waals surface area contributed by atoms with Crippen molar-refractivity contribution in [2.45, 2.75) is 36.6 Å². The summed E-state index contributed by atoms with van der Waals surface area (Å²) < 4.78 is 27.0. The van der Waals surface area contributed by atoms with Gasteiger partial charge >= 0.3 is 11.9 Å². The molecule has 4 atom stereocenters. The van der Waals surface area contributed by atoms with Crippen molar-refractivity contribution in [1.82, 2.24) is 19.5 Å². The molecule has 1 saturated heterocycles. The van der Waals surface area contributed by atoms with E-state index >= 15 is 4.39 Å². The molecule has 0 spiro atoms. The highest BCUT2D eigenvalue weighted by atomic mass is 19.1. The van der Waals surface area contributed by atoms with E-state index in [1.54, 1.807) is 0 Å². The first-order chi connectivity index (χ1) is 17.1. The molecule has 36 heavy (non-hydrogen) atoms. The first kappa shape index (κ1) is 24.7. The van der Waals surface area contributed by atoms with E-state index in [9.17, 15) is 24.9 Å². The summed E-state index contributed by atoms with van der Waals surface area (Å²) in [4.78, 5) is 35.8. The fraction of sp³-hybridized carbons (Fsp3) is 0.333. The van der Waals surface area contributed by atoms with E-state index in [1.165, 1.54) is 24.3 Å². The number of halogens is 1. The van der Waals surface area contributed by atoms with Crippen LogP contribution < -0.4 is 11.5 Å². The van der Waals surface area contributed by atoms with E-state index in [0.717, 1.165) is 10.9 Å². The molecule has 1 aliphatic heterocycles. The second-order valence-corrected chi connectivity index (χ2v) is 8.03. The zero-order valence-corrected chi connectivity index (χ0v) is 18.4. The third-order valence-corrected chi connectivity index (χ3v) is 5.73. The van der Waals surface area contributed by atoms with Gasteiger partial charge < -0.3 is 36.3 Å². The van der Waals surface area contributed by atoms with Crippen molar-refractivity contribution in [2.24, 2.45) is 0 Å². The van der Waals surface area contributed by atoms with Crippen LogP contribution in [0.5, 0.6) is 0 Å². The van der Waals surface area contributed by atoms with Crippen LogP contribution in [0.3, 0.4) is 0 Å². The Kier molecular flexibility index (Phi) is 6.41. The van der Waals surface area contributed by atoms with Gasteiger partial charge in [-0.3, -0.25) is 4.57 Å². The lowest BCUT2D eigenvalue weighted by Crippen LogP contribution is -2.52. The van der Waals surface area contributed by atoms with E-state index in [4.69, 9.17) is 26.2 Å². The molecule has 0 amide bonds. The van der Waals surface area contributed by atoms with E-state index < -0.39 is 55.2 Å². The maximum Gasteiger partial charge on any atom is 0.348 e. The Morgan fingerprint density at radius 1 is 1.28 bits per heavy atom. The van der Waals surface area contributed by atoms with Crippen LogP contribution in [0.2, 0.25) is 0 Å². The Labute approximate surface area is 201 Å². The van der Waals surface area contributed by atoms with Gasteiger partial charge in [-0.2, -0.15) is 15.2 Å². The van der Waals surface area contributed by atoms with Crippen LogP contribution in [-0.2, 0) is 25.5 Å². The van der Waals surface area contributed by atoms with Gasteiger partial charge in [0.1, 0.15) is 17.7 Å². The van der Waals surface area contributed by atoms with Gasteiger partial charge in [-0.1, -0.05) is 12.1 Å². The van der Waals surface area contributed by atoms with Gasteiger partial charge in [-0.15, -0.1) is 0 Å². The molecular weight excluding hydrogens is 481 g/mol. The van der Waals surface area contributed by atoms with Crippen LogP contribution in [0.1, 0.15) is 17.4 Å². The highest BCUT2D eigenvalue weighted by Gasteiger charge is 2.52. The number of nitriles is 1. The molecule has 1 fully saturated rings. The number of hydrogen-bond acceptors (Lipinski definition) is 11. The van der Waals surface area contributed by atoms with Gasteiger partial charge in [0, 0.05) is 6.42 Å². The molecule has 3 heterocycles. The molecule has 1 aromatic carbocycles. The molecule has 14 nitrogen and oxygen atoms in total. The highest BCUT2D eigenvalue weighted by molar-refractivity contribution is 6.02. The number of aromatic nitrogens is 4. The minimum absolute atomic E-state index is 0.0317. The summed E-state index contributed by atoms with van der Waals surface area (Å²) >= 11 is 0. The summed E-state index contributed by atoms with van der Waals surface area (Å²) in [5.41, 5.74) is 9.08. The number of anilines is 2. The number of nitrogen functional groups attached to an aromatic ring is 2. The smallest absolute Gasteiger partial charge is 0.348 e. The van der Waals surface area contributed by atoms with Gasteiger partial charge in [0.2, 0.25) is 5.95 Å². The topological polar surface area (TPSA) is 233 Å². The van der Waals surface area contributed by atoms with E-state index in [-0.39, 0.29) is 34.1 Å². The van der Waals surface area contributed by atoms with Crippen molar-refractivity contribution < 1.29 is 38.8 Å². The fourth-order valence-electron chi connectivity index (χ4n) is 3.89. The number of nitrogens with two attached hydrogens (primary N) is 2. The van der Waals surface area contributed by atoms with Gasteiger partial charge in [0.15, 0.2) is 23.9 Å². The Bertz CT molecular complexity index is 1360. The number of rotatable bonds is 8. The van der Waals surface area contributed by atoms with Crippen LogP contribution in [0, 0.1) is 11.3 Å². The van der Waals surface area contributed by atoms with E-state index in [0.29, 0.717) is 0 Å². The summed E-state index contributed by atoms with van der Waals surface area (Å²) in [5, 5.41) is 39.0. The number of carboxylic acids is 2. The number of carboxylic acid groups (broad SMARTS) is 2. The number of fused-ring (bicyclic) bond motifs is 1. The maximum absolute atomic E-state index is 15.0. The number of carbonyl (C=O) groups is 2. The monoisotopic (exact) mass is 501 g/mol. The van der Waals surface area contributed by atoms with Crippen LogP contribution in [0.4, 0.5) is 16.2 Å². The number of aliphatic carboxylic acids is 2. The molecule has 188 valence electrons. The molecule has 0 aliphatic carbocycles. The second-order valence-electron chi connectivity index (χ2n) is 8.03. The molecule has 15 heteroatoms. The summed E-state index contributed by atoms with van der Waals surface area (Å²) in [6, 6.07) is 7.55. The Hall–Kier alpha value is -4.39. The quantitative estimate of drug-likeness (QED) is 0.248. The van der Waals surface area contributed by atoms with Crippen LogP contribution >= 0.6 is 0 Å². The third-order valence-electron chi connectivity index (χ3n) is 5.73. The molecule has 1 aliphatic rings. The normalized spacial score (nSPS) is 21.9. The molecule has 2 aromatic heterocycles. The zero-order valence-electron chi connectivity index (χ0n) is 18.4. The fourth-order valence-corrected chi connectivity index (χ4v) is 3.89. The average molecular weight is 501 g/mol. The van der Waals surface area contributed by atoms with Crippen molar-refractivity contribution in [3.05, 3.63) is 41.7 Å². The zero-order chi connectivity index (χ0) is 26.2. The van der Waals surface area contributed by atoms with Crippen LogP contribution in [0.25, 0.3) is 11.2 Å². The average Bonchev–Trinajstić information content (AvgIpc) is 3.37. The van der Waals surface area contributed by atoms with Crippen molar-refractivity contribution >= 4 is 34.9 Å². The van der Waals surface area contributed by atoms with Crippen molar-refractivity contribution in [2.75, 3.05) is 18.1 Å². The number of benzene rings is 1. The number of imidazole rings is 1. The largest absolute Gasteiger partial charge is 0.479 e. The minimum Gasteiger partial charge on any atom is -0.479 e. The van der Waals surface area contributed by atoms with Crippen LogP contribution in [0.15, 0.2) is 30.6 Å². The molecule has 0 bridgehead atoms. The maximum atomic E-state index is 15.0. The van der Waals surface area contributed by atoms with Crippen molar-refractivity contribution in [1.29, 1.82) is 5.26 Å². The molecule has 4 rings (SSSR count). The minimum atomic E-state index is -2.81. The van der Waals surface area contributed by atoms with Gasteiger partial charge in [-0.05, 0) is 17.7 Å². The lowest BCUT2D eigenvalue weighted by atomic mass is 9.93. The molecule has 0 unspecified atom stereocenters. The number of hydrogen-bond donors (Lipinski definition) is 5. The van der Waals surface area contributed by atoms with E-state index in [1.807, 2.05) is 6.07 Å². The first-order valence-electron chi connectivity index (χ1n) is 10.4. The standard InChI is InChI=1S/C21H20FN7O7/c22-12-14(30)11(36-17(12)29-8-26-13-15(24)27-20(25)28-16(13)29)7-35-21(18(31)32,19(33)34)5-9-2-1-3-10(4-9)6-23/h1-4,8,11-12,14,17,30H,5,7H2,(H,31,32)(H,33,34)(H4,24,25,27,28)/t11-,12+,14-,17-/m1/s1. The lowest BCUT2D eigenvalue weighted by Gasteiger charge is -2.27. The number of ether oxygens (including phenoxy) is 2. The Balaban J connectivity index is 1.58. The van der Waals surface area contributed by atoms with Gasteiger partial charge in [-0.25, -0.2) is 19.0 Å². The Morgan fingerprint density at radius 3 is 2.67 bits per heavy atom. The second kappa shape index (κ2) is 9.34. The Morgan fingerprint density at radius 2 is 2.00 bits per heavy atom. The number of aliphatic hydroxyl groups is 1. The predicted octanol–water partition coefficient (Wildman–Crippen LogP) is -0.374. The van der Waals surface area contributed by atoms with Crippen LogP contribution in [-0.4, -0.2) is 77.4 Å². The molecule has 0 radical (unpaired) electrons. The summed E-state index contributed by atoms with van der Waals surface area (Å²) in [6.07, 6.45) is -6.30. The first-order valence-corrected chi connectivity index (χ1v) is 10.4. The van der Waals surface area contributed by atoms with E-state index in [2.05, 4.69) is 15.0 Å².